The molecule has 2 heterocycles. The third-order valence-corrected chi connectivity index (χ3v) is 10.5. The SMILES string of the molecule is C=C(N=C1C=CC=C/C1=C(/C)c1ccc(-c2cccc3ccccc23)cc1)n1c2ccccc2c2ccc3c(c21)C(C)(C)C(c1ccccc1)=N3. The van der Waals surface area contributed by atoms with Gasteiger partial charge in [0.1, 0.15) is 5.82 Å². The molecule has 1 aliphatic heterocycles. The van der Waals surface area contributed by atoms with Gasteiger partial charge in [-0.05, 0) is 77.6 Å². The lowest BCUT2D eigenvalue weighted by molar-refractivity contribution is 0.741. The minimum Gasteiger partial charge on any atom is -0.294 e. The summed E-state index contributed by atoms with van der Waals surface area (Å²) in [5.74, 6) is 0.671. The lowest BCUT2D eigenvalue weighted by Crippen LogP contribution is -2.27. The van der Waals surface area contributed by atoms with Crippen LogP contribution in [0.4, 0.5) is 5.69 Å². The summed E-state index contributed by atoms with van der Waals surface area (Å²) in [5, 5.41) is 4.87. The first kappa shape index (κ1) is 30.7. The van der Waals surface area contributed by atoms with E-state index in [1.54, 1.807) is 0 Å². The Bertz CT molecular complexity index is 2700. The van der Waals surface area contributed by atoms with E-state index in [1.807, 2.05) is 0 Å². The molecular weight excluding hydrogens is 619 g/mol. The number of para-hydroxylation sites is 1. The van der Waals surface area contributed by atoms with Crippen LogP contribution in [0.2, 0.25) is 0 Å². The van der Waals surface area contributed by atoms with Crippen molar-refractivity contribution in [1.82, 2.24) is 4.57 Å². The molecule has 2 aliphatic rings. The van der Waals surface area contributed by atoms with Crippen molar-refractivity contribution in [1.29, 1.82) is 0 Å². The van der Waals surface area contributed by atoms with Gasteiger partial charge >= 0.3 is 0 Å². The van der Waals surface area contributed by atoms with E-state index in [1.165, 1.54) is 38.2 Å². The molecule has 9 rings (SSSR count). The van der Waals surface area contributed by atoms with E-state index in [0.29, 0.717) is 5.82 Å². The van der Waals surface area contributed by atoms with Gasteiger partial charge in [0.15, 0.2) is 0 Å². The number of rotatable bonds is 5. The van der Waals surface area contributed by atoms with Gasteiger partial charge in [-0.3, -0.25) is 9.56 Å². The molecule has 0 fully saturated rings. The largest absolute Gasteiger partial charge is 0.294 e. The fourth-order valence-corrected chi connectivity index (χ4v) is 8.03. The van der Waals surface area contributed by atoms with Gasteiger partial charge in [0, 0.05) is 27.3 Å². The molecule has 0 atom stereocenters. The minimum atomic E-state index is -0.330. The van der Waals surface area contributed by atoms with E-state index in [-0.39, 0.29) is 5.41 Å². The summed E-state index contributed by atoms with van der Waals surface area (Å²) in [7, 11) is 0. The Labute approximate surface area is 298 Å². The highest BCUT2D eigenvalue weighted by molar-refractivity contribution is 6.20. The van der Waals surface area contributed by atoms with Crippen LogP contribution in [0.5, 0.6) is 0 Å². The average Bonchev–Trinajstić information content (AvgIpc) is 3.65. The Hall–Kier alpha value is -6.32. The van der Waals surface area contributed by atoms with Crippen molar-refractivity contribution in [3.8, 4) is 11.1 Å². The Morgan fingerprint density at radius 1 is 0.667 bits per heavy atom. The molecule has 0 amide bonds. The molecule has 51 heavy (non-hydrogen) atoms. The Morgan fingerprint density at radius 3 is 2.20 bits per heavy atom. The van der Waals surface area contributed by atoms with Crippen LogP contribution in [0.25, 0.3) is 55.1 Å². The fraction of sp³-hybridized carbons (Fsp3) is 0.0833. The molecule has 244 valence electrons. The molecular formula is C48H37N3. The molecule has 6 aromatic carbocycles. The highest BCUT2D eigenvalue weighted by Crippen LogP contribution is 2.48. The van der Waals surface area contributed by atoms with Gasteiger partial charge in [-0.25, -0.2) is 4.99 Å². The molecule has 0 saturated carbocycles. The van der Waals surface area contributed by atoms with E-state index >= 15 is 0 Å². The average molecular weight is 656 g/mol. The summed E-state index contributed by atoms with van der Waals surface area (Å²) in [4.78, 5) is 10.5. The predicted molar refractivity (Wildman–Crippen MR) is 218 cm³/mol. The van der Waals surface area contributed by atoms with Gasteiger partial charge in [-0.15, -0.1) is 0 Å². The number of allylic oxidation sites excluding steroid dienone is 6. The number of hydrogen-bond donors (Lipinski definition) is 0. The van der Waals surface area contributed by atoms with Gasteiger partial charge in [-0.2, -0.15) is 0 Å². The quantitative estimate of drug-likeness (QED) is 0.177. The number of aromatic nitrogens is 1. The second-order valence-electron chi connectivity index (χ2n) is 13.9. The summed E-state index contributed by atoms with van der Waals surface area (Å²) < 4.78 is 2.25. The van der Waals surface area contributed by atoms with E-state index in [9.17, 15) is 0 Å². The Balaban J connectivity index is 1.14. The smallest absolute Gasteiger partial charge is 0.131 e. The fourth-order valence-electron chi connectivity index (χ4n) is 8.03. The first-order valence-corrected chi connectivity index (χ1v) is 17.5. The van der Waals surface area contributed by atoms with Gasteiger partial charge in [0.25, 0.3) is 0 Å². The summed E-state index contributed by atoms with van der Waals surface area (Å²) in [5.41, 5.74) is 13.0. The maximum Gasteiger partial charge on any atom is 0.131 e. The van der Waals surface area contributed by atoms with Crippen LogP contribution in [-0.2, 0) is 5.41 Å². The highest BCUT2D eigenvalue weighted by Gasteiger charge is 2.39. The summed E-state index contributed by atoms with van der Waals surface area (Å²) in [6.07, 6.45) is 8.39. The van der Waals surface area contributed by atoms with E-state index in [4.69, 9.17) is 9.98 Å². The summed E-state index contributed by atoms with van der Waals surface area (Å²) >= 11 is 0. The zero-order valence-electron chi connectivity index (χ0n) is 29.1. The molecule has 1 aromatic heterocycles. The van der Waals surface area contributed by atoms with Gasteiger partial charge in [-0.1, -0.05) is 146 Å². The second kappa shape index (κ2) is 11.9. The van der Waals surface area contributed by atoms with Crippen molar-refractivity contribution in [2.24, 2.45) is 9.98 Å². The molecule has 0 unspecified atom stereocenters. The second-order valence-corrected chi connectivity index (χ2v) is 13.9. The minimum absolute atomic E-state index is 0.330. The lowest BCUT2D eigenvalue weighted by Gasteiger charge is -2.24. The number of aliphatic imine (C=N–C) groups is 2. The van der Waals surface area contributed by atoms with Crippen LogP contribution >= 0.6 is 0 Å². The number of benzene rings is 6. The van der Waals surface area contributed by atoms with Crippen LogP contribution in [0.15, 0.2) is 180 Å². The van der Waals surface area contributed by atoms with Gasteiger partial charge in [0.2, 0.25) is 0 Å². The summed E-state index contributed by atoms with van der Waals surface area (Å²) in [6.45, 7) is 11.4. The monoisotopic (exact) mass is 655 g/mol. The molecule has 0 spiro atoms. The third-order valence-electron chi connectivity index (χ3n) is 10.5. The van der Waals surface area contributed by atoms with Crippen molar-refractivity contribution in [2.75, 3.05) is 0 Å². The van der Waals surface area contributed by atoms with Gasteiger partial charge in [0.05, 0.1) is 28.1 Å². The van der Waals surface area contributed by atoms with E-state index in [2.05, 4.69) is 190 Å². The van der Waals surface area contributed by atoms with Crippen molar-refractivity contribution in [3.05, 3.63) is 187 Å². The molecule has 0 radical (unpaired) electrons. The standard InChI is InChI=1S/C48H37N3/c1-31(33-25-27-35(28-26-33)39-22-14-18-34-15-8-9-20-38(34)39)37-19-10-12-23-42(37)49-32(2)51-44-24-13-11-21-40(44)41-29-30-43-45(46(41)51)48(3,4)47(50-43)36-16-6-5-7-17-36/h5-30H,2H2,1,3-4H3/b37-31+,49-42?. The Morgan fingerprint density at radius 2 is 1.37 bits per heavy atom. The topological polar surface area (TPSA) is 29.6 Å². The van der Waals surface area contributed by atoms with Crippen LogP contribution in [0.1, 0.15) is 37.5 Å². The van der Waals surface area contributed by atoms with Crippen molar-refractivity contribution >= 4 is 61.1 Å². The number of fused-ring (bicyclic) bond motifs is 6. The summed E-state index contributed by atoms with van der Waals surface area (Å²) in [6, 6.07) is 47.4. The third kappa shape index (κ3) is 4.96. The van der Waals surface area contributed by atoms with Crippen LogP contribution in [0.3, 0.4) is 0 Å². The number of nitrogens with zero attached hydrogens (tertiary/aromatic N) is 3. The zero-order chi connectivity index (χ0) is 34.7. The number of hydrogen-bond acceptors (Lipinski definition) is 2. The lowest BCUT2D eigenvalue weighted by atomic mass is 9.78. The van der Waals surface area contributed by atoms with Crippen molar-refractivity contribution < 1.29 is 0 Å². The molecule has 0 N–H and O–H groups in total. The van der Waals surface area contributed by atoms with Crippen molar-refractivity contribution in [2.45, 2.75) is 26.2 Å². The first-order chi connectivity index (χ1) is 24.9. The molecule has 3 heteroatoms. The van der Waals surface area contributed by atoms with E-state index in [0.717, 1.165) is 50.4 Å². The maximum absolute atomic E-state index is 5.31. The van der Waals surface area contributed by atoms with Crippen molar-refractivity contribution in [3.63, 3.8) is 0 Å². The highest BCUT2D eigenvalue weighted by atomic mass is 15.1. The molecule has 0 bridgehead atoms. The van der Waals surface area contributed by atoms with Crippen LogP contribution in [0, 0.1) is 0 Å². The molecule has 3 nitrogen and oxygen atoms in total. The zero-order valence-corrected chi connectivity index (χ0v) is 29.1. The Kier molecular flexibility index (Phi) is 7.18. The predicted octanol–water partition coefficient (Wildman–Crippen LogP) is 12.5. The molecule has 0 saturated heterocycles. The van der Waals surface area contributed by atoms with Gasteiger partial charge < -0.3 is 0 Å². The van der Waals surface area contributed by atoms with E-state index < -0.39 is 0 Å². The van der Waals surface area contributed by atoms with Crippen LogP contribution in [-0.4, -0.2) is 16.0 Å². The molecule has 7 aromatic rings. The molecule has 1 aliphatic carbocycles. The maximum atomic E-state index is 5.31. The first-order valence-electron chi connectivity index (χ1n) is 17.5. The van der Waals surface area contributed by atoms with Crippen LogP contribution < -0.4 is 0 Å². The normalized spacial score (nSPS) is 16.6.